The number of sulfonamides is 1. The van der Waals surface area contributed by atoms with E-state index in [1.54, 1.807) is 48.5 Å². The molecule has 1 unspecified atom stereocenters. The summed E-state index contributed by atoms with van der Waals surface area (Å²) in [6.07, 6.45) is -0.313. The molecule has 1 aliphatic rings. The Morgan fingerprint density at radius 2 is 1.57 bits per heavy atom. The standard InChI is InChI=1S/C27H29N3O4S/c1-27(2,3)20-13-15-21(16-14-20)35(33,34)30-23-12-8-7-11-22(23)29-26(32)24(30)17-25(31)28-18-19-9-5-4-6-10-19/h4-16,24H,17-18H2,1-3H3,(H,28,31)(H,29,32). The summed E-state index contributed by atoms with van der Waals surface area (Å²) in [5, 5.41) is 5.53. The largest absolute Gasteiger partial charge is 0.352 e. The van der Waals surface area contributed by atoms with E-state index in [0.29, 0.717) is 11.4 Å². The van der Waals surface area contributed by atoms with E-state index < -0.39 is 27.9 Å². The summed E-state index contributed by atoms with van der Waals surface area (Å²) in [6.45, 7) is 6.43. The highest BCUT2D eigenvalue weighted by Crippen LogP contribution is 2.37. The van der Waals surface area contributed by atoms with Crippen LogP contribution in [0.3, 0.4) is 0 Å². The number of nitrogens with zero attached hydrogens (tertiary/aromatic N) is 1. The van der Waals surface area contributed by atoms with Crippen LogP contribution in [0.1, 0.15) is 38.3 Å². The zero-order valence-electron chi connectivity index (χ0n) is 20.0. The highest BCUT2D eigenvalue weighted by atomic mass is 32.2. The summed E-state index contributed by atoms with van der Waals surface area (Å²) in [5.74, 6) is -0.967. The van der Waals surface area contributed by atoms with Gasteiger partial charge in [0.05, 0.1) is 22.7 Å². The van der Waals surface area contributed by atoms with Gasteiger partial charge in [0.15, 0.2) is 0 Å². The fourth-order valence-corrected chi connectivity index (χ4v) is 5.65. The molecular formula is C27H29N3O4S. The van der Waals surface area contributed by atoms with Crippen LogP contribution in [0.5, 0.6) is 0 Å². The zero-order valence-corrected chi connectivity index (χ0v) is 20.8. The van der Waals surface area contributed by atoms with Gasteiger partial charge in [-0.2, -0.15) is 0 Å². The van der Waals surface area contributed by atoms with Crippen molar-refractivity contribution in [3.63, 3.8) is 0 Å². The Morgan fingerprint density at radius 1 is 0.943 bits per heavy atom. The molecule has 1 heterocycles. The van der Waals surface area contributed by atoms with Gasteiger partial charge in [0, 0.05) is 6.54 Å². The van der Waals surface area contributed by atoms with E-state index in [9.17, 15) is 18.0 Å². The second-order valence-corrected chi connectivity index (χ2v) is 11.4. The van der Waals surface area contributed by atoms with Crippen molar-refractivity contribution >= 4 is 33.2 Å². The third kappa shape index (κ3) is 5.22. The normalized spacial score (nSPS) is 15.8. The molecule has 0 fully saturated rings. The number of para-hydroxylation sites is 2. The summed E-state index contributed by atoms with van der Waals surface area (Å²) < 4.78 is 28.8. The second-order valence-electron chi connectivity index (χ2n) is 9.56. The van der Waals surface area contributed by atoms with Crippen LogP contribution in [0.2, 0.25) is 0 Å². The van der Waals surface area contributed by atoms with Gasteiger partial charge in [0.25, 0.3) is 10.0 Å². The number of amides is 2. The van der Waals surface area contributed by atoms with E-state index in [2.05, 4.69) is 10.6 Å². The Kier molecular flexibility index (Phi) is 6.67. The molecule has 1 aliphatic heterocycles. The van der Waals surface area contributed by atoms with Gasteiger partial charge in [-0.05, 0) is 40.8 Å². The van der Waals surface area contributed by atoms with Gasteiger partial charge in [-0.25, -0.2) is 8.42 Å². The summed E-state index contributed by atoms with van der Waals surface area (Å²) >= 11 is 0. The second kappa shape index (κ2) is 9.54. The van der Waals surface area contributed by atoms with Crippen molar-refractivity contribution in [3.05, 3.63) is 90.0 Å². The fourth-order valence-electron chi connectivity index (χ4n) is 4.02. The third-order valence-corrected chi connectivity index (χ3v) is 7.81. The van der Waals surface area contributed by atoms with Crippen LogP contribution in [0, 0.1) is 0 Å². The van der Waals surface area contributed by atoms with Gasteiger partial charge in [-0.15, -0.1) is 0 Å². The first-order valence-corrected chi connectivity index (χ1v) is 12.9. The fraction of sp³-hybridized carbons (Fsp3) is 0.259. The van der Waals surface area contributed by atoms with Crippen molar-refractivity contribution in [2.75, 3.05) is 9.62 Å². The first-order valence-electron chi connectivity index (χ1n) is 11.4. The van der Waals surface area contributed by atoms with Crippen molar-refractivity contribution in [3.8, 4) is 0 Å². The topological polar surface area (TPSA) is 95.6 Å². The van der Waals surface area contributed by atoms with Crippen molar-refractivity contribution in [2.24, 2.45) is 0 Å². The van der Waals surface area contributed by atoms with Crippen LogP contribution in [-0.4, -0.2) is 26.3 Å². The molecule has 2 amide bonds. The average molecular weight is 492 g/mol. The molecule has 8 heteroatoms. The molecule has 0 aromatic heterocycles. The minimum Gasteiger partial charge on any atom is -0.352 e. The molecule has 0 radical (unpaired) electrons. The van der Waals surface area contributed by atoms with Crippen LogP contribution in [0.4, 0.5) is 11.4 Å². The van der Waals surface area contributed by atoms with Crippen LogP contribution >= 0.6 is 0 Å². The first-order chi connectivity index (χ1) is 16.6. The van der Waals surface area contributed by atoms with Gasteiger partial charge >= 0.3 is 0 Å². The molecule has 182 valence electrons. The maximum atomic E-state index is 13.8. The molecule has 3 aromatic carbocycles. The lowest BCUT2D eigenvalue weighted by Gasteiger charge is -2.36. The molecule has 1 atom stereocenters. The number of fused-ring (bicyclic) bond motifs is 1. The van der Waals surface area contributed by atoms with Gasteiger partial charge in [0.1, 0.15) is 6.04 Å². The summed E-state index contributed by atoms with van der Waals surface area (Å²) in [5.41, 5.74) is 2.47. The predicted molar refractivity (Wildman–Crippen MR) is 137 cm³/mol. The summed E-state index contributed by atoms with van der Waals surface area (Å²) in [4.78, 5) is 25.9. The smallest absolute Gasteiger partial charge is 0.265 e. The number of anilines is 2. The molecule has 0 bridgehead atoms. The third-order valence-electron chi connectivity index (χ3n) is 5.97. The van der Waals surface area contributed by atoms with Crippen LogP contribution in [-0.2, 0) is 31.6 Å². The lowest BCUT2D eigenvalue weighted by atomic mass is 9.87. The molecular weight excluding hydrogens is 462 g/mol. The van der Waals surface area contributed by atoms with E-state index in [1.807, 2.05) is 51.1 Å². The van der Waals surface area contributed by atoms with Gasteiger partial charge in [-0.3, -0.25) is 13.9 Å². The van der Waals surface area contributed by atoms with Crippen LogP contribution in [0.15, 0.2) is 83.8 Å². The van der Waals surface area contributed by atoms with E-state index >= 15 is 0 Å². The Bertz CT molecular complexity index is 1330. The average Bonchev–Trinajstić information content (AvgIpc) is 2.83. The van der Waals surface area contributed by atoms with Crippen molar-refractivity contribution in [1.82, 2.24) is 5.32 Å². The molecule has 4 rings (SSSR count). The lowest BCUT2D eigenvalue weighted by molar-refractivity contribution is -0.125. The zero-order chi connectivity index (χ0) is 25.2. The molecule has 7 nitrogen and oxygen atoms in total. The van der Waals surface area contributed by atoms with E-state index in [0.717, 1.165) is 15.4 Å². The molecule has 35 heavy (non-hydrogen) atoms. The van der Waals surface area contributed by atoms with Gasteiger partial charge < -0.3 is 10.6 Å². The maximum Gasteiger partial charge on any atom is 0.265 e. The van der Waals surface area contributed by atoms with E-state index in [4.69, 9.17) is 0 Å². The summed E-state index contributed by atoms with van der Waals surface area (Å²) in [6, 6.07) is 21.5. The molecule has 3 aromatic rings. The molecule has 0 saturated heterocycles. The minimum absolute atomic E-state index is 0.0599. The van der Waals surface area contributed by atoms with E-state index in [-0.39, 0.29) is 23.3 Å². The Morgan fingerprint density at radius 3 is 2.23 bits per heavy atom. The maximum absolute atomic E-state index is 13.8. The van der Waals surface area contributed by atoms with Gasteiger partial charge in [0.2, 0.25) is 11.8 Å². The molecule has 0 spiro atoms. The number of hydrogen-bond acceptors (Lipinski definition) is 4. The predicted octanol–water partition coefficient (Wildman–Crippen LogP) is 4.21. The number of carbonyl (C=O) groups excluding carboxylic acids is 2. The number of hydrogen-bond donors (Lipinski definition) is 2. The van der Waals surface area contributed by atoms with Crippen molar-refractivity contribution in [1.29, 1.82) is 0 Å². The highest BCUT2D eigenvalue weighted by Gasteiger charge is 2.42. The molecule has 2 N–H and O–H groups in total. The highest BCUT2D eigenvalue weighted by molar-refractivity contribution is 7.93. The van der Waals surface area contributed by atoms with Crippen LogP contribution in [0.25, 0.3) is 0 Å². The number of carbonyl (C=O) groups is 2. The van der Waals surface area contributed by atoms with Crippen molar-refractivity contribution < 1.29 is 18.0 Å². The number of nitrogens with one attached hydrogen (secondary N) is 2. The van der Waals surface area contributed by atoms with E-state index in [1.165, 1.54) is 0 Å². The quantitative estimate of drug-likeness (QED) is 0.540. The van der Waals surface area contributed by atoms with Gasteiger partial charge in [-0.1, -0.05) is 75.4 Å². The Hall–Kier alpha value is -3.65. The Balaban J connectivity index is 1.66. The number of rotatable bonds is 6. The van der Waals surface area contributed by atoms with Crippen LogP contribution < -0.4 is 14.9 Å². The minimum atomic E-state index is -4.14. The summed E-state index contributed by atoms with van der Waals surface area (Å²) in [7, 11) is -4.14. The lowest BCUT2D eigenvalue weighted by Crippen LogP contribution is -2.52. The number of benzene rings is 3. The first kappa shape index (κ1) is 24.5. The molecule has 0 saturated carbocycles. The van der Waals surface area contributed by atoms with Crippen molar-refractivity contribution in [2.45, 2.75) is 50.1 Å². The Labute approximate surface area is 206 Å². The monoisotopic (exact) mass is 491 g/mol. The molecule has 0 aliphatic carbocycles. The SMILES string of the molecule is CC(C)(C)c1ccc(S(=O)(=O)N2c3ccccc3NC(=O)C2CC(=O)NCc2ccccc2)cc1.